The first-order valence-electron chi connectivity index (χ1n) is 9.88. The highest BCUT2D eigenvalue weighted by Gasteiger charge is 2.51. The van der Waals surface area contributed by atoms with Crippen LogP contribution >= 0.6 is 0 Å². The molecule has 0 aromatic heterocycles. The van der Waals surface area contributed by atoms with Crippen LogP contribution in [0.25, 0.3) is 0 Å². The fourth-order valence-electron chi connectivity index (χ4n) is 5.01. The Balaban J connectivity index is 1.25. The van der Waals surface area contributed by atoms with Gasteiger partial charge in [-0.2, -0.15) is 0 Å². The molecule has 6 rings (SSSR count). The summed E-state index contributed by atoms with van der Waals surface area (Å²) in [6, 6.07) is 10.9. The number of hydrogen-bond donors (Lipinski definition) is 0. The third kappa shape index (κ3) is 2.57. The van der Waals surface area contributed by atoms with Crippen LogP contribution < -0.4 is 0 Å². The lowest BCUT2D eigenvalue weighted by molar-refractivity contribution is -0.157. The summed E-state index contributed by atoms with van der Waals surface area (Å²) in [6.45, 7) is 1.54. The number of carbonyl (C=O) groups excluding carboxylic acids is 2. The predicted octanol–water partition coefficient (Wildman–Crippen LogP) is 2.79. The Morgan fingerprint density at radius 1 is 0.840 bits per heavy atom. The van der Waals surface area contributed by atoms with Crippen LogP contribution in [0.1, 0.15) is 50.0 Å². The van der Waals surface area contributed by atoms with Gasteiger partial charge in [-0.05, 0) is 43.6 Å². The number of rotatable bonds is 3. The van der Waals surface area contributed by atoms with Crippen molar-refractivity contribution in [3.8, 4) is 0 Å². The van der Waals surface area contributed by atoms with E-state index in [0.717, 1.165) is 45.2 Å². The van der Waals surface area contributed by atoms with Gasteiger partial charge in [-0.15, -0.1) is 0 Å². The van der Waals surface area contributed by atoms with Crippen LogP contribution in [0.4, 0.5) is 0 Å². The molecule has 4 heteroatoms. The number of carbonyl (C=O) groups is 2. The molecule has 3 aliphatic heterocycles. The Kier molecular flexibility index (Phi) is 3.61. The van der Waals surface area contributed by atoms with E-state index in [-0.39, 0.29) is 23.9 Å². The Bertz CT molecular complexity index is 684. The maximum absolute atomic E-state index is 13.0. The summed E-state index contributed by atoms with van der Waals surface area (Å²) in [4.78, 5) is 29.9. The lowest BCUT2D eigenvalue weighted by Gasteiger charge is -2.52. The molecule has 2 amide bonds. The molecule has 2 saturated carbocycles. The van der Waals surface area contributed by atoms with Crippen molar-refractivity contribution in [2.24, 2.45) is 11.8 Å². The Labute approximate surface area is 149 Å². The van der Waals surface area contributed by atoms with E-state index in [1.807, 2.05) is 6.07 Å². The van der Waals surface area contributed by atoms with Gasteiger partial charge in [-0.25, -0.2) is 0 Å². The van der Waals surface area contributed by atoms with Gasteiger partial charge in [0.25, 0.3) is 0 Å². The highest BCUT2D eigenvalue weighted by Crippen LogP contribution is 2.49. The Morgan fingerprint density at radius 3 is 2.04 bits per heavy atom. The van der Waals surface area contributed by atoms with Gasteiger partial charge in [0, 0.05) is 37.0 Å². The van der Waals surface area contributed by atoms with Crippen molar-refractivity contribution in [2.45, 2.75) is 56.5 Å². The first-order chi connectivity index (χ1) is 12.2. The summed E-state index contributed by atoms with van der Waals surface area (Å²) in [5.74, 6) is 1.54. The molecule has 132 valence electrons. The Hall–Kier alpha value is -1.84. The number of piperidine rings is 2. The summed E-state index contributed by atoms with van der Waals surface area (Å²) in [5, 5.41) is 0. The normalized spacial score (nSPS) is 33.9. The molecule has 4 nitrogen and oxygen atoms in total. The summed E-state index contributed by atoms with van der Waals surface area (Å²) in [6.07, 6.45) is 6.45. The minimum atomic E-state index is 0.164. The van der Waals surface area contributed by atoms with Crippen LogP contribution in [-0.4, -0.2) is 46.8 Å². The molecule has 3 heterocycles. The number of hydrogen-bond acceptors (Lipinski definition) is 2. The summed E-state index contributed by atoms with van der Waals surface area (Å²) in [7, 11) is 0. The lowest BCUT2D eigenvalue weighted by atomic mass is 9.82. The van der Waals surface area contributed by atoms with E-state index < -0.39 is 0 Å². The van der Waals surface area contributed by atoms with Crippen LogP contribution in [0.5, 0.6) is 0 Å². The molecule has 2 aliphatic carbocycles. The van der Waals surface area contributed by atoms with Crippen LogP contribution in [-0.2, 0) is 9.59 Å². The highest BCUT2D eigenvalue weighted by atomic mass is 16.2. The fraction of sp³-hybridized carbons (Fsp3) is 0.619. The summed E-state index contributed by atoms with van der Waals surface area (Å²) < 4.78 is 0. The van der Waals surface area contributed by atoms with Crippen molar-refractivity contribution in [2.75, 3.05) is 13.1 Å². The molecular formula is C21H26N2O2. The van der Waals surface area contributed by atoms with Crippen LogP contribution in [0.15, 0.2) is 30.3 Å². The van der Waals surface area contributed by atoms with Crippen LogP contribution in [0.3, 0.4) is 0 Å². The topological polar surface area (TPSA) is 40.6 Å². The number of nitrogens with zero attached hydrogens (tertiary/aromatic N) is 2. The minimum absolute atomic E-state index is 0.164. The van der Waals surface area contributed by atoms with E-state index in [9.17, 15) is 9.59 Å². The van der Waals surface area contributed by atoms with Gasteiger partial charge in [-0.1, -0.05) is 36.8 Å². The van der Waals surface area contributed by atoms with Gasteiger partial charge in [0.2, 0.25) is 11.8 Å². The van der Waals surface area contributed by atoms with E-state index >= 15 is 0 Å². The summed E-state index contributed by atoms with van der Waals surface area (Å²) >= 11 is 0. The monoisotopic (exact) mass is 338 g/mol. The number of fused-ring (bicyclic) bond motifs is 3. The molecule has 25 heavy (non-hydrogen) atoms. The second kappa shape index (κ2) is 5.86. The predicted molar refractivity (Wildman–Crippen MR) is 94.9 cm³/mol. The maximum Gasteiger partial charge on any atom is 0.226 e. The third-order valence-corrected chi connectivity index (χ3v) is 6.89. The lowest BCUT2D eigenvalue weighted by Crippen LogP contribution is -2.66. The zero-order valence-electron chi connectivity index (χ0n) is 14.6. The minimum Gasteiger partial charge on any atom is -0.336 e. The molecule has 0 unspecified atom stereocenters. The molecule has 5 fully saturated rings. The molecule has 1 aromatic carbocycles. The second-order valence-corrected chi connectivity index (χ2v) is 8.35. The van der Waals surface area contributed by atoms with Crippen molar-refractivity contribution in [1.29, 1.82) is 0 Å². The van der Waals surface area contributed by atoms with Crippen molar-refractivity contribution < 1.29 is 9.59 Å². The van der Waals surface area contributed by atoms with Gasteiger partial charge in [0.05, 0.1) is 0 Å². The molecule has 1 aromatic rings. The van der Waals surface area contributed by atoms with Gasteiger partial charge in [-0.3, -0.25) is 9.59 Å². The van der Waals surface area contributed by atoms with E-state index in [4.69, 9.17) is 0 Å². The Morgan fingerprint density at radius 2 is 1.48 bits per heavy atom. The molecule has 3 saturated heterocycles. The third-order valence-electron chi connectivity index (χ3n) is 6.89. The average molecular weight is 338 g/mol. The zero-order valence-corrected chi connectivity index (χ0v) is 14.6. The number of piperazine rings is 1. The zero-order chi connectivity index (χ0) is 17.0. The van der Waals surface area contributed by atoms with E-state index in [0.29, 0.717) is 17.7 Å². The molecular weight excluding hydrogens is 312 g/mol. The van der Waals surface area contributed by atoms with Gasteiger partial charge < -0.3 is 9.80 Å². The quantitative estimate of drug-likeness (QED) is 0.850. The van der Waals surface area contributed by atoms with Crippen molar-refractivity contribution in [1.82, 2.24) is 9.80 Å². The van der Waals surface area contributed by atoms with Gasteiger partial charge >= 0.3 is 0 Å². The molecule has 0 N–H and O–H groups in total. The number of amides is 2. The average Bonchev–Trinajstić information content (AvgIpc) is 3.41. The summed E-state index contributed by atoms with van der Waals surface area (Å²) in [5.41, 5.74) is 1.30. The highest BCUT2D eigenvalue weighted by molar-refractivity contribution is 5.85. The first kappa shape index (κ1) is 15.4. The first-order valence-corrected chi connectivity index (χ1v) is 9.88. The van der Waals surface area contributed by atoms with Crippen LogP contribution in [0, 0.1) is 11.8 Å². The molecule has 2 bridgehead atoms. The van der Waals surface area contributed by atoms with Gasteiger partial charge in [0.15, 0.2) is 0 Å². The smallest absolute Gasteiger partial charge is 0.226 e. The largest absolute Gasteiger partial charge is 0.336 e. The molecule has 5 aliphatic rings. The fourth-order valence-corrected chi connectivity index (χ4v) is 5.01. The SMILES string of the molecule is O=C(C1CCC1)N1C[C@@H]2CC[C@H]1CN2C(=O)[C@H]1C[C@@H]1c1ccccc1. The maximum atomic E-state index is 13.0. The van der Waals surface area contributed by atoms with E-state index in [1.165, 1.54) is 12.0 Å². The molecule has 4 atom stereocenters. The van der Waals surface area contributed by atoms with Crippen molar-refractivity contribution >= 4 is 11.8 Å². The van der Waals surface area contributed by atoms with Crippen molar-refractivity contribution in [3.05, 3.63) is 35.9 Å². The van der Waals surface area contributed by atoms with Crippen molar-refractivity contribution in [3.63, 3.8) is 0 Å². The molecule has 0 spiro atoms. The molecule has 0 radical (unpaired) electrons. The number of benzene rings is 1. The standard InChI is InChI=1S/C21H26N2O2/c24-20(15-7-4-8-15)22-12-17-10-9-16(22)13-23(17)21(25)19-11-18(19)14-5-2-1-3-6-14/h1-3,5-6,15-19H,4,7-13H2/t16-,17-,18+,19-/m0/s1. The van der Waals surface area contributed by atoms with Gasteiger partial charge in [0.1, 0.15) is 0 Å². The van der Waals surface area contributed by atoms with E-state index in [1.54, 1.807) is 0 Å². The van der Waals surface area contributed by atoms with E-state index in [2.05, 4.69) is 34.1 Å². The van der Waals surface area contributed by atoms with Crippen LogP contribution in [0.2, 0.25) is 0 Å². The second-order valence-electron chi connectivity index (χ2n) is 8.35.